The van der Waals surface area contributed by atoms with Crippen molar-refractivity contribution in [2.75, 3.05) is 20.7 Å². The maximum absolute atomic E-state index is 13.4. The van der Waals surface area contributed by atoms with Gasteiger partial charge in [0.25, 0.3) is 5.56 Å². The molecule has 1 aromatic carbocycles. The van der Waals surface area contributed by atoms with E-state index in [2.05, 4.69) is 0 Å². The SMILES string of the molecule is CN(C)Cc1nc2sc3c(c2c(=O)n1CCOc1ccc(Cl)cc1)CCCC3. The molecule has 0 amide bonds. The van der Waals surface area contributed by atoms with Crippen LogP contribution in [-0.2, 0) is 25.9 Å². The predicted octanol–water partition coefficient (Wildman–Crippen LogP) is 4.13. The van der Waals surface area contributed by atoms with Gasteiger partial charge < -0.3 is 9.64 Å². The fraction of sp³-hybridized carbons (Fsp3) is 0.429. The Bertz CT molecular complexity index is 1040. The van der Waals surface area contributed by atoms with Crippen molar-refractivity contribution in [1.29, 1.82) is 0 Å². The minimum Gasteiger partial charge on any atom is -0.492 e. The van der Waals surface area contributed by atoms with Crippen LogP contribution in [0.2, 0.25) is 5.02 Å². The minimum atomic E-state index is 0.0703. The molecule has 1 aliphatic carbocycles. The molecule has 1 aliphatic rings. The molecule has 0 unspecified atom stereocenters. The van der Waals surface area contributed by atoms with Crippen molar-refractivity contribution in [2.45, 2.75) is 38.8 Å². The fourth-order valence-corrected chi connectivity index (χ4v) is 5.10. The smallest absolute Gasteiger partial charge is 0.262 e. The zero-order valence-corrected chi connectivity index (χ0v) is 17.8. The number of hydrogen-bond acceptors (Lipinski definition) is 5. The summed E-state index contributed by atoms with van der Waals surface area (Å²) in [5, 5.41) is 1.50. The molecule has 0 spiro atoms. The van der Waals surface area contributed by atoms with E-state index in [0.29, 0.717) is 24.7 Å². The van der Waals surface area contributed by atoms with Gasteiger partial charge >= 0.3 is 0 Å². The van der Waals surface area contributed by atoms with Gasteiger partial charge in [-0.25, -0.2) is 4.98 Å². The van der Waals surface area contributed by atoms with E-state index in [-0.39, 0.29) is 5.56 Å². The third-order valence-corrected chi connectivity index (χ3v) is 6.45. The molecular weight excluding hydrogens is 394 g/mol. The molecule has 0 saturated heterocycles. The molecule has 0 atom stereocenters. The minimum absolute atomic E-state index is 0.0703. The van der Waals surface area contributed by atoms with Crippen LogP contribution in [-0.4, -0.2) is 35.2 Å². The second-order valence-corrected chi connectivity index (χ2v) is 8.94. The highest BCUT2D eigenvalue weighted by molar-refractivity contribution is 7.18. The average molecular weight is 418 g/mol. The molecule has 4 rings (SSSR count). The predicted molar refractivity (Wildman–Crippen MR) is 115 cm³/mol. The van der Waals surface area contributed by atoms with Crippen LogP contribution in [0.4, 0.5) is 0 Å². The lowest BCUT2D eigenvalue weighted by Gasteiger charge is -2.16. The van der Waals surface area contributed by atoms with Crippen LogP contribution in [0.1, 0.15) is 29.1 Å². The van der Waals surface area contributed by atoms with E-state index in [1.165, 1.54) is 16.9 Å². The first kappa shape index (κ1) is 19.4. The monoisotopic (exact) mass is 417 g/mol. The van der Waals surface area contributed by atoms with Crippen molar-refractivity contribution in [2.24, 2.45) is 0 Å². The summed E-state index contributed by atoms with van der Waals surface area (Å²) in [5.41, 5.74) is 1.30. The topological polar surface area (TPSA) is 47.4 Å². The van der Waals surface area contributed by atoms with Crippen molar-refractivity contribution < 1.29 is 4.74 Å². The number of fused-ring (bicyclic) bond motifs is 3. The van der Waals surface area contributed by atoms with Crippen LogP contribution in [0.25, 0.3) is 10.2 Å². The van der Waals surface area contributed by atoms with E-state index in [0.717, 1.165) is 41.1 Å². The van der Waals surface area contributed by atoms with Gasteiger partial charge in [-0.2, -0.15) is 0 Å². The molecule has 2 heterocycles. The second kappa shape index (κ2) is 8.23. The highest BCUT2D eigenvalue weighted by Crippen LogP contribution is 2.33. The largest absolute Gasteiger partial charge is 0.492 e. The summed E-state index contributed by atoms with van der Waals surface area (Å²) in [6.07, 6.45) is 4.41. The van der Waals surface area contributed by atoms with Crippen LogP contribution in [0.5, 0.6) is 5.75 Å². The number of hydrogen-bond donors (Lipinski definition) is 0. The Labute approximate surface area is 173 Å². The number of aromatic nitrogens is 2. The summed E-state index contributed by atoms with van der Waals surface area (Å²) in [7, 11) is 3.98. The number of benzene rings is 1. The molecule has 0 aliphatic heterocycles. The van der Waals surface area contributed by atoms with Crippen LogP contribution in [0.15, 0.2) is 29.1 Å². The average Bonchev–Trinajstić information content (AvgIpc) is 3.03. The van der Waals surface area contributed by atoms with E-state index in [1.54, 1.807) is 28.0 Å². The van der Waals surface area contributed by atoms with Gasteiger partial charge in [0, 0.05) is 9.90 Å². The summed E-state index contributed by atoms with van der Waals surface area (Å²) in [6.45, 7) is 1.49. The van der Waals surface area contributed by atoms with Gasteiger partial charge in [-0.15, -0.1) is 11.3 Å². The number of halogens is 1. The lowest BCUT2D eigenvalue weighted by Crippen LogP contribution is -2.30. The van der Waals surface area contributed by atoms with Gasteiger partial charge in [-0.05, 0) is 69.6 Å². The first-order chi connectivity index (χ1) is 13.5. The fourth-order valence-electron chi connectivity index (χ4n) is 3.70. The number of aryl methyl sites for hydroxylation is 2. The lowest BCUT2D eigenvalue weighted by atomic mass is 9.97. The molecule has 2 aromatic heterocycles. The third kappa shape index (κ3) is 3.95. The molecule has 0 N–H and O–H groups in total. The summed E-state index contributed by atoms with van der Waals surface area (Å²) >= 11 is 7.62. The van der Waals surface area contributed by atoms with Gasteiger partial charge in [0.05, 0.1) is 18.5 Å². The second-order valence-electron chi connectivity index (χ2n) is 7.42. The maximum Gasteiger partial charge on any atom is 0.262 e. The standard InChI is InChI=1S/C21H24ClN3O2S/c1-24(2)13-18-23-20-19(16-5-3-4-6-17(16)28-20)21(26)25(18)11-12-27-15-9-7-14(22)8-10-15/h7-10H,3-6,11-13H2,1-2H3. The Kier molecular flexibility index (Phi) is 5.71. The molecule has 0 bridgehead atoms. The molecule has 5 nitrogen and oxygen atoms in total. The molecule has 0 fully saturated rings. The zero-order chi connectivity index (χ0) is 19.7. The molecule has 0 saturated carbocycles. The molecule has 0 radical (unpaired) electrons. The van der Waals surface area contributed by atoms with Crippen molar-refractivity contribution in [3.63, 3.8) is 0 Å². The lowest BCUT2D eigenvalue weighted by molar-refractivity contribution is 0.288. The molecule has 148 valence electrons. The normalized spacial score (nSPS) is 13.9. The first-order valence-electron chi connectivity index (χ1n) is 9.60. The Morgan fingerprint density at radius 3 is 2.71 bits per heavy atom. The van der Waals surface area contributed by atoms with Gasteiger partial charge in [0.1, 0.15) is 23.0 Å². The first-order valence-corrected chi connectivity index (χ1v) is 10.8. The van der Waals surface area contributed by atoms with Crippen molar-refractivity contribution in [3.05, 3.63) is 55.9 Å². The number of nitrogens with zero attached hydrogens (tertiary/aromatic N) is 3. The van der Waals surface area contributed by atoms with Crippen LogP contribution in [0.3, 0.4) is 0 Å². The molecule has 3 aromatic rings. The molecule has 7 heteroatoms. The van der Waals surface area contributed by atoms with Gasteiger partial charge in [0.2, 0.25) is 0 Å². The van der Waals surface area contributed by atoms with E-state index in [4.69, 9.17) is 21.3 Å². The maximum atomic E-state index is 13.4. The quantitative estimate of drug-likeness (QED) is 0.605. The van der Waals surface area contributed by atoms with E-state index in [1.807, 2.05) is 31.1 Å². The molecule has 28 heavy (non-hydrogen) atoms. The third-order valence-electron chi connectivity index (χ3n) is 5.01. The Balaban J connectivity index is 1.66. The summed E-state index contributed by atoms with van der Waals surface area (Å²) < 4.78 is 7.62. The highest BCUT2D eigenvalue weighted by Gasteiger charge is 2.22. The van der Waals surface area contributed by atoms with Crippen molar-refractivity contribution in [1.82, 2.24) is 14.5 Å². The van der Waals surface area contributed by atoms with Gasteiger partial charge in [-0.3, -0.25) is 9.36 Å². The number of thiophene rings is 1. The van der Waals surface area contributed by atoms with Crippen molar-refractivity contribution in [3.8, 4) is 5.75 Å². The number of rotatable bonds is 6. The Morgan fingerprint density at radius 2 is 1.96 bits per heavy atom. The van der Waals surface area contributed by atoms with E-state index >= 15 is 0 Å². The summed E-state index contributed by atoms with van der Waals surface area (Å²) in [5.74, 6) is 1.54. The van der Waals surface area contributed by atoms with Crippen LogP contribution >= 0.6 is 22.9 Å². The number of ether oxygens (including phenoxy) is 1. The van der Waals surface area contributed by atoms with Crippen molar-refractivity contribution >= 4 is 33.2 Å². The van der Waals surface area contributed by atoms with Crippen LogP contribution in [0, 0.1) is 0 Å². The summed E-state index contributed by atoms with van der Waals surface area (Å²) in [6, 6.07) is 7.27. The highest BCUT2D eigenvalue weighted by atomic mass is 35.5. The summed E-state index contributed by atoms with van der Waals surface area (Å²) in [4.78, 5) is 22.6. The van der Waals surface area contributed by atoms with Crippen LogP contribution < -0.4 is 10.3 Å². The Hall–Kier alpha value is -1.89. The zero-order valence-electron chi connectivity index (χ0n) is 16.2. The molecular formula is C21H24ClN3O2S. The van der Waals surface area contributed by atoms with E-state index in [9.17, 15) is 4.79 Å². The van der Waals surface area contributed by atoms with E-state index < -0.39 is 0 Å². The van der Waals surface area contributed by atoms with Gasteiger partial charge in [0.15, 0.2) is 0 Å². The van der Waals surface area contributed by atoms with Gasteiger partial charge in [-0.1, -0.05) is 11.6 Å². The Morgan fingerprint density at radius 1 is 1.21 bits per heavy atom.